The molecular weight excluding hydrogens is 388 g/mol. The van der Waals surface area contributed by atoms with Crippen LogP contribution in [-0.2, 0) is 6.54 Å². The highest BCUT2D eigenvalue weighted by atomic mass is 32.2. The molecule has 146 valence electrons. The molecule has 0 aliphatic heterocycles. The normalized spacial score (nSPS) is 11.0. The van der Waals surface area contributed by atoms with Crippen LogP contribution >= 0.6 is 11.8 Å². The summed E-state index contributed by atoms with van der Waals surface area (Å²) in [7, 11) is 0. The van der Waals surface area contributed by atoms with Gasteiger partial charge in [0.1, 0.15) is 0 Å². The number of hydrogen-bond donors (Lipinski definition) is 1. The third-order valence-electron chi connectivity index (χ3n) is 4.56. The van der Waals surface area contributed by atoms with Crippen LogP contribution in [0, 0.1) is 6.92 Å². The van der Waals surface area contributed by atoms with Crippen LogP contribution < -0.4 is 11.2 Å². The molecular formula is C20H18N6O2S. The lowest BCUT2D eigenvalue weighted by atomic mass is 10.1. The molecule has 4 aromatic rings. The van der Waals surface area contributed by atoms with Crippen LogP contribution in [0.1, 0.15) is 11.4 Å². The van der Waals surface area contributed by atoms with Gasteiger partial charge in [-0.25, -0.2) is 9.89 Å². The summed E-state index contributed by atoms with van der Waals surface area (Å²) in [5.41, 5.74) is 2.21. The number of hydrogen-bond acceptors (Lipinski definition) is 6. The first-order valence-electron chi connectivity index (χ1n) is 8.88. The Morgan fingerprint density at radius 1 is 1.03 bits per heavy atom. The molecule has 8 nitrogen and oxygen atoms in total. The molecule has 0 aliphatic carbocycles. The Bertz CT molecular complexity index is 1240. The molecule has 0 unspecified atom stereocenters. The first kappa shape index (κ1) is 18.9. The van der Waals surface area contributed by atoms with Gasteiger partial charge in [-0.15, -0.1) is 16.9 Å². The second-order valence-corrected chi connectivity index (χ2v) is 7.36. The summed E-state index contributed by atoms with van der Waals surface area (Å²) in [5, 5.41) is 13.4. The molecule has 0 saturated heterocycles. The van der Waals surface area contributed by atoms with Crippen LogP contribution in [0.25, 0.3) is 16.9 Å². The van der Waals surface area contributed by atoms with Gasteiger partial charge in [-0.1, -0.05) is 29.8 Å². The van der Waals surface area contributed by atoms with Crippen molar-refractivity contribution in [2.24, 2.45) is 0 Å². The molecule has 0 atom stereocenters. The summed E-state index contributed by atoms with van der Waals surface area (Å²) in [6.45, 7) is 1.95. The number of aryl methyl sites for hydroxylation is 1. The zero-order valence-corrected chi connectivity index (χ0v) is 16.7. The fourth-order valence-corrected chi connectivity index (χ4v) is 3.44. The van der Waals surface area contributed by atoms with E-state index in [0.29, 0.717) is 17.2 Å². The van der Waals surface area contributed by atoms with Crippen molar-refractivity contribution in [3.05, 3.63) is 86.8 Å². The van der Waals surface area contributed by atoms with E-state index >= 15 is 0 Å². The van der Waals surface area contributed by atoms with Gasteiger partial charge in [-0.2, -0.15) is 0 Å². The van der Waals surface area contributed by atoms with E-state index < -0.39 is 11.2 Å². The van der Waals surface area contributed by atoms with Crippen LogP contribution in [0.3, 0.4) is 0 Å². The van der Waals surface area contributed by atoms with Crippen molar-refractivity contribution in [2.45, 2.75) is 18.4 Å². The number of tetrazole rings is 1. The highest BCUT2D eigenvalue weighted by Crippen LogP contribution is 2.22. The maximum atomic E-state index is 13.4. The van der Waals surface area contributed by atoms with Crippen molar-refractivity contribution in [2.75, 3.05) is 6.26 Å². The molecule has 0 fully saturated rings. The van der Waals surface area contributed by atoms with Crippen molar-refractivity contribution in [3.63, 3.8) is 0 Å². The largest absolute Gasteiger partial charge is 0.336 e. The smallest absolute Gasteiger partial charge is 0.269 e. The van der Waals surface area contributed by atoms with E-state index in [0.717, 1.165) is 20.6 Å². The highest BCUT2D eigenvalue weighted by molar-refractivity contribution is 7.98. The Morgan fingerprint density at radius 2 is 1.76 bits per heavy atom. The van der Waals surface area contributed by atoms with Gasteiger partial charge in [0.05, 0.1) is 17.9 Å². The predicted octanol–water partition coefficient (Wildman–Crippen LogP) is 2.26. The van der Waals surface area contributed by atoms with Gasteiger partial charge in [0.15, 0.2) is 5.82 Å². The summed E-state index contributed by atoms with van der Waals surface area (Å²) in [6, 6.07) is 16.8. The van der Waals surface area contributed by atoms with E-state index in [9.17, 15) is 9.59 Å². The number of H-pyrrole nitrogens is 1. The van der Waals surface area contributed by atoms with E-state index in [1.165, 1.54) is 6.07 Å². The van der Waals surface area contributed by atoms with Gasteiger partial charge < -0.3 is 0 Å². The summed E-state index contributed by atoms with van der Waals surface area (Å²) >= 11 is 1.62. The topological polar surface area (TPSA) is 98.5 Å². The minimum absolute atomic E-state index is 0.0399. The first-order valence-corrected chi connectivity index (χ1v) is 10.1. The molecule has 0 spiro atoms. The second kappa shape index (κ2) is 7.88. The lowest BCUT2D eigenvalue weighted by molar-refractivity contribution is 0.646. The van der Waals surface area contributed by atoms with Gasteiger partial charge in [0.25, 0.3) is 5.56 Å². The SMILES string of the molecule is CSc1ccc(-n2c(-c3ccc(C)cc3)cc(=O)n(Cc3nnn[nH]3)c2=O)cc1. The third-order valence-corrected chi connectivity index (χ3v) is 5.31. The average Bonchev–Trinajstić information content (AvgIpc) is 3.25. The van der Waals surface area contributed by atoms with Crippen LogP contribution in [0.15, 0.2) is 69.1 Å². The number of benzene rings is 2. The Labute approximate surface area is 170 Å². The minimum Gasteiger partial charge on any atom is -0.269 e. The molecule has 1 N–H and O–H groups in total. The van der Waals surface area contributed by atoms with Crippen molar-refractivity contribution in [1.82, 2.24) is 29.8 Å². The summed E-state index contributed by atoms with van der Waals surface area (Å²) in [6.07, 6.45) is 1.99. The maximum Gasteiger partial charge on any atom is 0.336 e. The first-order chi connectivity index (χ1) is 14.1. The number of aromatic nitrogens is 6. The molecule has 0 aliphatic rings. The molecule has 0 bridgehead atoms. The predicted molar refractivity (Wildman–Crippen MR) is 112 cm³/mol. The fraction of sp³-hybridized carbons (Fsp3) is 0.150. The van der Waals surface area contributed by atoms with Crippen LogP contribution in [0.4, 0.5) is 0 Å². The zero-order valence-electron chi connectivity index (χ0n) is 15.9. The Kier molecular flexibility index (Phi) is 5.13. The number of nitrogens with zero attached hydrogens (tertiary/aromatic N) is 5. The lowest BCUT2D eigenvalue weighted by Crippen LogP contribution is -2.40. The highest BCUT2D eigenvalue weighted by Gasteiger charge is 2.16. The lowest BCUT2D eigenvalue weighted by Gasteiger charge is -2.16. The van der Waals surface area contributed by atoms with Crippen LogP contribution in [0.2, 0.25) is 0 Å². The van der Waals surface area contributed by atoms with Gasteiger partial charge in [0.2, 0.25) is 0 Å². The average molecular weight is 406 g/mol. The number of rotatable bonds is 5. The van der Waals surface area contributed by atoms with E-state index in [1.807, 2.05) is 61.7 Å². The van der Waals surface area contributed by atoms with Crippen LogP contribution in [-0.4, -0.2) is 36.0 Å². The molecule has 2 aromatic heterocycles. The van der Waals surface area contributed by atoms with Gasteiger partial charge >= 0.3 is 5.69 Å². The maximum absolute atomic E-state index is 13.4. The molecule has 4 rings (SSSR count). The standard InChI is InChI=1S/C20H18N6O2S/c1-13-3-5-14(6-4-13)17-11-19(27)25(12-18-21-23-24-22-18)20(28)26(17)15-7-9-16(29-2)10-8-15/h3-11H,12H2,1-2H3,(H,21,22,23,24). The van der Waals surface area contributed by atoms with E-state index in [4.69, 9.17) is 0 Å². The third kappa shape index (κ3) is 3.77. The van der Waals surface area contributed by atoms with Gasteiger partial charge in [-0.3, -0.25) is 13.9 Å². The van der Waals surface area contributed by atoms with E-state index in [1.54, 1.807) is 16.3 Å². The van der Waals surface area contributed by atoms with Crippen molar-refractivity contribution in [3.8, 4) is 16.9 Å². The van der Waals surface area contributed by atoms with Crippen molar-refractivity contribution >= 4 is 11.8 Å². The van der Waals surface area contributed by atoms with Gasteiger partial charge in [-0.05, 0) is 53.4 Å². The molecule has 0 radical (unpaired) electrons. The Hall–Kier alpha value is -3.46. The second-order valence-electron chi connectivity index (χ2n) is 6.48. The molecule has 2 aromatic carbocycles. The van der Waals surface area contributed by atoms with Gasteiger partial charge in [0, 0.05) is 11.0 Å². The molecule has 2 heterocycles. The quantitative estimate of drug-likeness (QED) is 0.511. The van der Waals surface area contributed by atoms with E-state index in [-0.39, 0.29) is 6.54 Å². The number of nitrogens with one attached hydrogen (secondary N) is 1. The van der Waals surface area contributed by atoms with Crippen molar-refractivity contribution in [1.29, 1.82) is 0 Å². The number of aromatic amines is 1. The summed E-state index contributed by atoms with van der Waals surface area (Å²) in [5.74, 6) is 0.330. The monoisotopic (exact) mass is 406 g/mol. The number of thioether (sulfide) groups is 1. The van der Waals surface area contributed by atoms with Crippen molar-refractivity contribution < 1.29 is 0 Å². The zero-order chi connectivity index (χ0) is 20.4. The molecule has 9 heteroatoms. The fourth-order valence-electron chi connectivity index (χ4n) is 3.04. The Balaban J connectivity index is 1.95. The molecule has 0 saturated carbocycles. The Morgan fingerprint density at radius 3 is 2.38 bits per heavy atom. The minimum atomic E-state index is -0.457. The summed E-state index contributed by atoms with van der Waals surface area (Å²) in [4.78, 5) is 27.2. The molecule has 29 heavy (non-hydrogen) atoms. The van der Waals surface area contributed by atoms with Crippen LogP contribution in [0.5, 0.6) is 0 Å². The molecule has 0 amide bonds. The van der Waals surface area contributed by atoms with E-state index in [2.05, 4.69) is 20.6 Å². The summed E-state index contributed by atoms with van der Waals surface area (Å²) < 4.78 is 2.66.